The number of aliphatic hydroxyl groups excluding tert-OH is 6. The molecule has 0 aliphatic carbocycles. The van der Waals surface area contributed by atoms with Crippen molar-refractivity contribution in [1.29, 1.82) is 0 Å². The van der Waals surface area contributed by atoms with Crippen molar-refractivity contribution in [2.75, 3.05) is 6.61 Å². The van der Waals surface area contributed by atoms with Crippen LogP contribution in [0.5, 0.6) is 5.75 Å². The smallest absolute Gasteiger partial charge is 0.235 e. The van der Waals surface area contributed by atoms with Gasteiger partial charge < -0.3 is 54.0 Å². The summed E-state index contributed by atoms with van der Waals surface area (Å²) in [6.45, 7) is 1.01. The Morgan fingerprint density at radius 3 is 2.13 bits per heavy atom. The Morgan fingerprint density at radius 1 is 0.744 bits per heavy atom. The molecule has 0 bridgehead atoms. The molecule has 0 saturated carbocycles. The van der Waals surface area contributed by atoms with E-state index < -0.39 is 73.4 Å². The summed E-state index contributed by atoms with van der Waals surface area (Å²) in [7, 11) is 0. The van der Waals surface area contributed by atoms with Crippen LogP contribution in [0, 0.1) is 0 Å². The van der Waals surface area contributed by atoms with E-state index in [1.807, 2.05) is 0 Å². The van der Waals surface area contributed by atoms with Crippen LogP contribution >= 0.6 is 0 Å². The van der Waals surface area contributed by atoms with Crippen LogP contribution in [0.4, 0.5) is 0 Å². The fourth-order valence-corrected chi connectivity index (χ4v) is 4.62. The zero-order chi connectivity index (χ0) is 27.8. The van der Waals surface area contributed by atoms with Crippen LogP contribution < -0.4 is 10.2 Å². The molecule has 12 heteroatoms. The van der Waals surface area contributed by atoms with E-state index in [0.29, 0.717) is 11.1 Å². The standard InChI is InChI=1S/C27H30O12/c1-12-17(28)20(31)22(33)26(36-12)35-11-16-19(30)21(32)23(34)27(38-16)39-25-18(29)14-9-5-6-10-15(14)37-24(25)13-7-3-2-4-8-13/h2-10,12,16-17,19-23,26-28,30-34H,11H2,1H3. The highest BCUT2D eigenvalue weighted by Crippen LogP contribution is 2.33. The number of hydrogen-bond donors (Lipinski definition) is 6. The van der Waals surface area contributed by atoms with E-state index in [1.165, 1.54) is 6.92 Å². The van der Waals surface area contributed by atoms with Gasteiger partial charge in [-0.1, -0.05) is 42.5 Å². The molecule has 10 unspecified atom stereocenters. The van der Waals surface area contributed by atoms with Gasteiger partial charge in [-0.25, -0.2) is 0 Å². The molecule has 3 heterocycles. The van der Waals surface area contributed by atoms with Gasteiger partial charge in [0.25, 0.3) is 0 Å². The van der Waals surface area contributed by atoms with Gasteiger partial charge >= 0.3 is 0 Å². The Balaban J connectivity index is 1.41. The SMILES string of the molecule is CC1OC(OCC2OC(Oc3c(-c4ccccc4)oc4ccccc4c3=O)C(O)C(O)C2O)C(O)C(O)C1O. The molecule has 2 fully saturated rings. The molecule has 0 amide bonds. The number of rotatable bonds is 6. The van der Waals surface area contributed by atoms with Gasteiger partial charge in [-0.05, 0) is 19.1 Å². The molecule has 1 aromatic heterocycles. The number of aliphatic hydroxyl groups is 6. The molecule has 39 heavy (non-hydrogen) atoms. The van der Waals surface area contributed by atoms with E-state index in [9.17, 15) is 35.4 Å². The summed E-state index contributed by atoms with van der Waals surface area (Å²) in [6, 6.07) is 15.2. The van der Waals surface area contributed by atoms with Crippen molar-refractivity contribution in [2.45, 2.75) is 68.3 Å². The first kappa shape index (κ1) is 27.6. The van der Waals surface area contributed by atoms with Gasteiger partial charge in [-0.2, -0.15) is 0 Å². The molecular formula is C27H30O12. The Kier molecular flexibility index (Phi) is 8.01. The summed E-state index contributed by atoms with van der Waals surface area (Å²) in [6.07, 6.45) is -14.8. The third kappa shape index (κ3) is 5.31. The minimum Gasteiger partial charge on any atom is -0.454 e. The highest BCUT2D eigenvalue weighted by Gasteiger charge is 2.47. The first-order valence-electron chi connectivity index (χ1n) is 12.5. The Hall–Kier alpha value is -2.91. The number of para-hydroxylation sites is 1. The molecule has 3 aromatic rings. The van der Waals surface area contributed by atoms with Crippen LogP contribution in [-0.2, 0) is 14.2 Å². The maximum atomic E-state index is 13.4. The molecule has 0 radical (unpaired) electrons. The van der Waals surface area contributed by atoms with Gasteiger partial charge in [0.1, 0.15) is 48.3 Å². The van der Waals surface area contributed by atoms with E-state index in [0.717, 1.165) is 0 Å². The van der Waals surface area contributed by atoms with Crippen LogP contribution in [0.25, 0.3) is 22.3 Å². The lowest BCUT2D eigenvalue weighted by Crippen LogP contribution is -2.61. The topological polar surface area (TPSA) is 189 Å². The van der Waals surface area contributed by atoms with Gasteiger partial charge in [0.05, 0.1) is 18.1 Å². The summed E-state index contributed by atoms with van der Waals surface area (Å²) in [5.41, 5.74) is 0.285. The predicted octanol–water partition coefficient (Wildman–Crippen LogP) is -0.510. The minimum atomic E-state index is -1.76. The lowest BCUT2D eigenvalue weighted by molar-refractivity contribution is -0.318. The molecule has 2 aromatic carbocycles. The van der Waals surface area contributed by atoms with Gasteiger partial charge in [-0.3, -0.25) is 4.79 Å². The normalized spacial score (nSPS) is 35.2. The van der Waals surface area contributed by atoms with Crippen LogP contribution in [0.3, 0.4) is 0 Å². The van der Waals surface area contributed by atoms with Crippen LogP contribution in [0.15, 0.2) is 63.8 Å². The van der Waals surface area contributed by atoms with Crippen molar-refractivity contribution in [1.82, 2.24) is 0 Å². The van der Waals surface area contributed by atoms with Crippen LogP contribution in [0.2, 0.25) is 0 Å². The van der Waals surface area contributed by atoms with Crippen LogP contribution in [0.1, 0.15) is 6.92 Å². The van der Waals surface area contributed by atoms with E-state index in [4.69, 9.17) is 23.4 Å². The Labute approximate surface area is 222 Å². The highest BCUT2D eigenvalue weighted by atomic mass is 16.7. The zero-order valence-electron chi connectivity index (χ0n) is 20.8. The highest BCUT2D eigenvalue weighted by molar-refractivity contribution is 5.81. The molecule has 2 aliphatic heterocycles. The van der Waals surface area contributed by atoms with Crippen molar-refractivity contribution in [3.05, 3.63) is 64.8 Å². The fourth-order valence-electron chi connectivity index (χ4n) is 4.62. The molecular weight excluding hydrogens is 516 g/mol. The maximum Gasteiger partial charge on any atom is 0.235 e. The van der Waals surface area contributed by atoms with E-state index in [1.54, 1.807) is 54.6 Å². The summed E-state index contributed by atoms with van der Waals surface area (Å²) in [4.78, 5) is 13.4. The lowest BCUT2D eigenvalue weighted by atomic mass is 9.98. The predicted molar refractivity (Wildman–Crippen MR) is 134 cm³/mol. The molecule has 2 saturated heterocycles. The summed E-state index contributed by atoms with van der Waals surface area (Å²) >= 11 is 0. The largest absolute Gasteiger partial charge is 0.454 e. The van der Waals surface area contributed by atoms with Gasteiger partial charge in [-0.15, -0.1) is 0 Å². The van der Waals surface area contributed by atoms with E-state index in [2.05, 4.69) is 0 Å². The molecule has 6 N–H and O–H groups in total. The van der Waals surface area contributed by atoms with Gasteiger partial charge in [0.15, 0.2) is 12.1 Å². The van der Waals surface area contributed by atoms with Crippen molar-refractivity contribution >= 4 is 11.0 Å². The second kappa shape index (κ2) is 11.3. The zero-order valence-corrected chi connectivity index (χ0v) is 20.8. The third-order valence-corrected chi connectivity index (χ3v) is 6.93. The monoisotopic (exact) mass is 546 g/mol. The second-order valence-electron chi connectivity index (χ2n) is 9.60. The number of ether oxygens (including phenoxy) is 4. The molecule has 5 rings (SSSR count). The summed E-state index contributed by atoms with van der Waals surface area (Å²) < 4.78 is 28.4. The Bertz CT molecular complexity index is 1330. The first-order chi connectivity index (χ1) is 18.7. The average Bonchev–Trinajstić information content (AvgIpc) is 2.95. The van der Waals surface area contributed by atoms with Crippen LogP contribution in [-0.4, -0.2) is 98.7 Å². The van der Waals surface area contributed by atoms with E-state index >= 15 is 0 Å². The quantitative estimate of drug-likeness (QED) is 0.233. The summed E-state index contributed by atoms with van der Waals surface area (Å²) in [5, 5.41) is 62.0. The molecule has 12 nitrogen and oxygen atoms in total. The third-order valence-electron chi connectivity index (χ3n) is 6.93. The van der Waals surface area contributed by atoms with Crippen molar-refractivity contribution in [3.63, 3.8) is 0 Å². The van der Waals surface area contributed by atoms with Gasteiger partial charge in [0, 0.05) is 5.56 Å². The minimum absolute atomic E-state index is 0.0729. The summed E-state index contributed by atoms with van der Waals surface area (Å²) in [5.74, 6) is -0.201. The van der Waals surface area contributed by atoms with Crippen molar-refractivity contribution in [2.24, 2.45) is 0 Å². The second-order valence-corrected chi connectivity index (χ2v) is 9.60. The van der Waals surface area contributed by atoms with Crippen molar-refractivity contribution < 1.29 is 54.0 Å². The van der Waals surface area contributed by atoms with E-state index in [-0.39, 0.29) is 16.9 Å². The average molecular weight is 547 g/mol. The Morgan fingerprint density at radius 2 is 1.38 bits per heavy atom. The first-order valence-corrected chi connectivity index (χ1v) is 12.5. The molecule has 0 spiro atoms. The molecule has 10 atom stereocenters. The number of benzene rings is 2. The fraction of sp³-hybridized carbons (Fsp3) is 0.444. The van der Waals surface area contributed by atoms with Crippen molar-refractivity contribution in [3.8, 4) is 17.1 Å². The molecule has 2 aliphatic rings. The van der Waals surface area contributed by atoms with Gasteiger partial charge in [0.2, 0.25) is 17.5 Å². The lowest BCUT2D eigenvalue weighted by Gasteiger charge is -2.42. The number of hydrogen-bond acceptors (Lipinski definition) is 12. The number of fused-ring (bicyclic) bond motifs is 1. The maximum absolute atomic E-state index is 13.4. The molecule has 210 valence electrons.